The molecule has 1 amide bonds. The number of nitrogens with zero attached hydrogens (tertiary/aromatic N) is 3. The van der Waals surface area contributed by atoms with Crippen LogP contribution in [0.1, 0.15) is 20.8 Å². The predicted molar refractivity (Wildman–Crippen MR) is 64.7 cm³/mol. The van der Waals surface area contributed by atoms with Crippen molar-refractivity contribution in [2.45, 2.75) is 20.8 Å². The normalized spacial score (nSPS) is 12.6. The van der Waals surface area contributed by atoms with Gasteiger partial charge >= 0.3 is 0 Å². The van der Waals surface area contributed by atoms with Crippen LogP contribution < -0.4 is 0 Å². The third-order valence-corrected chi connectivity index (χ3v) is 2.28. The molecule has 0 spiro atoms. The molecule has 0 heterocycles. The second-order valence-electron chi connectivity index (χ2n) is 4.83. The van der Waals surface area contributed by atoms with Gasteiger partial charge in [0.25, 0.3) is 0 Å². The Morgan fingerprint density at radius 2 is 1.81 bits per heavy atom. The van der Waals surface area contributed by atoms with E-state index in [-0.39, 0.29) is 5.91 Å². The van der Waals surface area contributed by atoms with Gasteiger partial charge in [-0.2, -0.15) is 5.26 Å². The number of carbonyl (C=O) groups excluding carboxylic acids is 1. The molecular formula is C12H23N3O. The average Bonchev–Trinajstić information content (AvgIpc) is 2.21. The van der Waals surface area contributed by atoms with E-state index in [9.17, 15) is 4.79 Å². The van der Waals surface area contributed by atoms with Crippen LogP contribution in [0.3, 0.4) is 0 Å². The lowest BCUT2D eigenvalue weighted by atomic mass is 10.1. The van der Waals surface area contributed by atoms with Crippen molar-refractivity contribution >= 4 is 5.91 Å². The molecule has 0 bridgehead atoms. The lowest BCUT2D eigenvalue weighted by Crippen LogP contribution is -2.41. The SMILES string of the molecule is CC(C)CN(CCN(C)C)C(=O)C(C)C#N. The second-order valence-corrected chi connectivity index (χ2v) is 4.83. The van der Waals surface area contributed by atoms with Gasteiger partial charge in [0.05, 0.1) is 6.07 Å². The Balaban J connectivity index is 4.42. The quantitative estimate of drug-likeness (QED) is 0.682. The fourth-order valence-corrected chi connectivity index (χ4v) is 1.38. The van der Waals surface area contributed by atoms with Gasteiger partial charge in [-0.25, -0.2) is 0 Å². The number of rotatable bonds is 6. The molecule has 0 rings (SSSR count). The minimum absolute atomic E-state index is 0.0574. The van der Waals surface area contributed by atoms with Crippen molar-refractivity contribution in [2.24, 2.45) is 11.8 Å². The molecule has 0 aliphatic carbocycles. The van der Waals surface area contributed by atoms with Crippen LogP contribution in [0.4, 0.5) is 0 Å². The van der Waals surface area contributed by atoms with E-state index in [0.29, 0.717) is 12.5 Å². The lowest BCUT2D eigenvalue weighted by molar-refractivity contribution is -0.134. The number of amides is 1. The van der Waals surface area contributed by atoms with Gasteiger partial charge in [0.15, 0.2) is 0 Å². The molecule has 4 heteroatoms. The summed E-state index contributed by atoms with van der Waals surface area (Å²) in [6.07, 6.45) is 0. The first-order valence-corrected chi connectivity index (χ1v) is 5.71. The Morgan fingerprint density at radius 1 is 1.25 bits per heavy atom. The molecular weight excluding hydrogens is 202 g/mol. The van der Waals surface area contributed by atoms with E-state index in [1.807, 2.05) is 25.1 Å². The standard InChI is InChI=1S/C12H23N3O/c1-10(2)9-15(7-6-14(4)5)12(16)11(3)8-13/h10-11H,6-7,9H2,1-5H3. The summed E-state index contributed by atoms with van der Waals surface area (Å²) in [7, 11) is 3.96. The van der Waals surface area contributed by atoms with E-state index in [2.05, 4.69) is 13.8 Å². The van der Waals surface area contributed by atoms with E-state index in [0.717, 1.165) is 13.1 Å². The van der Waals surface area contributed by atoms with Crippen LogP contribution in [0.2, 0.25) is 0 Å². The first-order chi connectivity index (χ1) is 7.38. The third-order valence-electron chi connectivity index (χ3n) is 2.28. The molecule has 0 fully saturated rings. The molecule has 1 atom stereocenters. The summed E-state index contributed by atoms with van der Waals surface area (Å²) in [5.74, 6) is -0.170. The number of hydrogen-bond acceptors (Lipinski definition) is 3. The van der Waals surface area contributed by atoms with Gasteiger partial charge in [-0.3, -0.25) is 4.79 Å². The molecule has 0 aliphatic heterocycles. The second kappa shape index (κ2) is 7.24. The molecule has 0 aromatic carbocycles. The van der Waals surface area contributed by atoms with Gasteiger partial charge in [0.1, 0.15) is 5.92 Å². The Morgan fingerprint density at radius 3 is 2.19 bits per heavy atom. The van der Waals surface area contributed by atoms with Crippen molar-refractivity contribution in [3.05, 3.63) is 0 Å². The highest BCUT2D eigenvalue weighted by Crippen LogP contribution is 2.05. The minimum Gasteiger partial charge on any atom is -0.340 e. The molecule has 1 unspecified atom stereocenters. The number of hydrogen-bond donors (Lipinski definition) is 0. The largest absolute Gasteiger partial charge is 0.340 e. The lowest BCUT2D eigenvalue weighted by Gasteiger charge is -2.26. The van der Waals surface area contributed by atoms with E-state index >= 15 is 0 Å². The summed E-state index contributed by atoms with van der Waals surface area (Å²) in [6, 6.07) is 2.00. The molecule has 0 N–H and O–H groups in total. The molecule has 0 saturated heterocycles. The molecule has 16 heavy (non-hydrogen) atoms. The summed E-state index contributed by atoms with van der Waals surface area (Å²) in [6.45, 7) is 8.05. The topological polar surface area (TPSA) is 47.3 Å². The smallest absolute Gasteiger partial charge is 0.239 e. The Bertz CT molecular complexity index is 255. The van der Waals surface area contributed by atoms with Crippen molar-refractivity contribution in [3.8, 4) is 6.07 Å². The molecule has 0 aliphatic rings. The molecule has 0 aromatic rings. The first kappa shape index (κ1) is 14.9. The van der Waals surface area contributed by atoms with Gasteiger partial charge in [-0.05, 0) is 26.9 Å². The maximum atomic E-state index is 11.9. The average molecular weight is 225 g/mol. The Hall–Kier alpha value is -1.08. The minimum atomic E-state index is -0.541. The van der Waals surface area contributed by atoms with E-state index in [4.69, 9.17) is 5.26 Å². The highest BCUT2D eigenvalue weighted by molar-refractivity contribution is 5.80. The van der Waals surface area contributed by atoms with E-state index < -0.39 is 5.92 Å². The van der Waals surface area contributed by atoms with Crippen LogP contribution >= 0.6 is 0 Å². The first-order valence-electron chi connectivity index (χ1n) is 5.71. The van der Waals surface area contributed by atoms with Crippen molar-refractivity contribution in [1.29, 1.82) is 5.26 Å². The maximum Gasteiger partial charge on any atom is 0.239 e. The van der Waals surface area contributed by atoms with Crippen molar-refractivity contribution < 1.29 is 4.79 Å². The van der Waals surface area contributed by atoms with Crippen LogP contribution in [0.5, 0.6) is 0 Å². The van der Waals surface area contributed by atoms with Gasteiger partial charge in [-0.1, -0.05) is 13.8 Å². The Kier molecular flexibility index (Phi) is 6.75. The van der Waals surface area contributed by atoms with Crippen LogP contribution in [0.15, 0.2) is 0 Å². The fourth-order valence-electron chi connectivity index (χ4n) is 1.38. The highest BCUT2D eigenvalue weighted by Gasteiger charge is 2.20. The van der Waals surface area contributed by atoms with Crippen molar-refractivity contribution in [1.82, 2.24) is 9.80 Å². The number of carbonyl (C=O) groups is 1. The van der Waals surface area contributed by atoms with Crippen LogP contribution in [-0.4, -0.2) is 49.4 Å². The van der Waals surface area contributed by atoms with Gasteiger partial charge in [-0.15, -0.1) is 0 Å². The van der Waals surface area contributed by atoms with Gasteiger partial charge < -0.3 is 9.80 Å². The zero-order valence-corrected chi connectivity index (χ0v) is 11.0. The van der Waals surface area contributed by atoms with Crippen molar-refractivity contribution in [3.63, 3.8) is 0 Å². The summed E-state index contributed by atoms with van der Waals surface area (Å²) in [5.41, 5.74) is 0. The fraction of sp³-hybridized carbons (Fsp3) is 0.833. The molecule has 4 nitrogen and oxygen atoms in total. The van der Waals surface area contributed by atoms with E-state index in [1.54, 1.807) is 11.8 Å². The van der Waals surface area contributed by atoms with Crippen LogP contribution in [0, 0.1) is 23.2 Å². The van der Waals surface area contributed by atoms with Gasteiger partial charge in [0, 0.05) is 19.6 Å². The molecule has 92 valence electrons. The zero-order chi connectivity index (χ0) is 12.7. The van der Waals surface area contributed by atoms with Crippen LogP contribution in [-0.2, 0) is 4.79 Å². The summed E-state index contributed by atoms with van der Waals surface area (Å²) in [5, 5.41) is 8.76. The zero-order valence-electron chi connectivity index (χ0n) is 11.0. The molecule has 0 saturated carbocycles. The Labute approximate surface area is 98.8 Å². The van der Waals surface area contributed by atoms with Crippen molar-refractivity contribution in [2.75, 3.05) is 33.7 Å². The number of nitriles is 1. The third kappa shape index (κ3) is 5.72. The maximum absolute atomic E-state index is 11.9. The summed E-state index contributed by atoms with van der Waals surface area (Å²) >= 11 is 0. The molecule has 0 radical (unpaired) electrons. The number of likely N-dealkylation sites (N-methyl/N-ethyl adjacent to an activating group) is 1. The highest BCUT2D eigenvalue weighted by atomic mass is 16.2. The summed E-state index contributed by atoms with van der Waals surface area (Å²) < 4.78 is 0. The molecule has 0 aromatic heterocycles. The van der Waals surface area contributed by atoms with E-state index in [1.165, 1.54) is 0 Å². The van der Waals surface area contributed by atoms with Crippen LogP contribution in [0.25, 0.3) is 0 Å². The monoisotopic (exact) mass is 225 g/mol. The summed E-state index contributed by atoms with van der Waals surface area (Å²) in [4.78, 5) is 15.7. The predicted octanol–water partition coefficient (Wildman–Crippen LogP) is 1.19. The van der Waals surface area contributed by atoms with Gasteiger partial charge in [0.2, 0.25) is 5.91 Å².